The van der Waals surface area contributed by atoms with Gasteiger partial charge in [0.15, 0.2) is 0 Å². The molecule has 1 fully saturated rings. The van der Waals surface area contributed by atoms with Crippen LogP contribution in [0.5, 0.6) is 0 Å². The van der Waals surface area contributed by atoms with E-state index in [1.807, 2.05) is 0 Å². The minimum Gasteiger partial charge on any atom is -0.396 e. The molecule has 5 nitrogen and oxygen atoms in total. The molecule has 6 heteroatoms. The maximum Gasteiger partial charge on any atom is 0.270 e. The Hall–Kier alpha value is -0.980. The van der Waals surface area contributed by atoms with E-state index in [-0.39, 0.29) is 18.6 Å². The Morgan fingerprint density at radius 2 is 2.48 bits per heavy atom. The van der Waals surface area contributed by atoms with Crippen molar-refractivity contribution >= 4 is 17.2 Å². The van der Waals surface area contributed by atoms with E-state index in [0.29, 0.717) is 18.2 Å². The molecule has 2 atom stereocenters. The molecule has 2 N–H and O–H groups in total. The zero-order chi connectivity index (χ0) is 15.1. The second-order valence-electron chi connectivity index (χ2n) is 5.45. The van der Waals surface area contributed by atoms with E-state index in [9.17, 15) is 4.79 Å². The SMILES string of the molecule is CCCC(CCO)CNC(=O)c1csc(C2CCCO2)n1. The Bertz CT molecular complexity index is 438. The van der Waals surface area contributed by atoms with Gasteiger partial charge in [-0.1, -0.05) is 13.3 Å². The number of amides is 1. The first-order valence-corrected chi connectivity index (χ1v) is 8.58. The number of carbonyl (C=O) groups excluding carboxylic acids is 1. The molecule has 0 aliphatic carbocycles. The smallest absolute Gasteiger partial charge is 0.270 e. The summed E-state index contributed by atoms with van der Waals surface area (Å²) in [5.41, 5.74) is 0.477. The number of aliphatic hydroxyl groups is 1. The van der Waals surface area contributed by atoms with E-state index in [2.05, 4.69) is 17.2 Å². The van der Waals surface area contributed by atoms with Crippen LogP contribution in [0.25, 0.3) is 0 Å². The molecule has 1 aliphatic rings. The van der Waals surface area contributed by atoms with Crippen molar-refractivity contribution in [2.75, 3.05) is 19.8 Å². The molecule has 0 aromatic carbocycles. The molecular weight excluding hydrogens is 288 g/mol. The van der Waals surface area contributed by atoms with Gasteiger partial charge in [-0.25, -0.2) is 4.98 Å². The van der Waals surface area contributed by atoms with Crippen LogP contribution < -0.4 is 5.32 Å². The minimum atomic E-state index is -0.130. The number of rotatable bonds is 8. The lowest BCUT2D eigenvalue weighted by Gasteiger charge is -2.15. The van der Waals surface area contributed by atoms with Gasteiger partial charge in [-0.15, -0.1) is 11.3 Å². The summed E-state index contributed by atoms with van der Waals surface area (Å²) in [6, 6.07) is 0. The van der Waals surface area contributed by atoms with E-state index in [1.54, 1.807) is 5.38 Å². The third-order valence-corrected chi connectivity index (χ3v) is 4.68. The van der Waals surface area contributed by atoms with Gasteiger partial charge in [-0.2, -0.15) is 0 Å². The first kappa shape index (κ1) is 16.4. The second-order valence-corrected chi connectivity index (χ2v) is 6.34. The molecule has 0 spiro atoms. The molecule has 21 heavy (non-hydrogen) atoms. The van der Waals surface area contributed by atoms with Gasteiger partial charge in [0, 0.05) is 25.1 Å². The maximum absolute atomic E-state index is 12.1. The van der Waals surface area contributed by atoms with E-state index >= 15 is 0 Å². The molecule has 0 saturated carbocycles. The molecule has 1 saturated heterocycles. The van der Waals surface area contributed by atoms with Crippen molar-refractivity contribution in [2.24, 2.45) is 5.92 Å². The van der Waals surface area contributed by atoms with Crippen molar-refractivity contribution in [3.05, 3.63) is 16.1 Å². The fourth-order valence-electron chi connectivity index (χ4n) is 2.58. The van der Waals surface area contributed by atoms with Crippen LogP contribution in [0.1, 0.15) is 60.6 Å². The van der Waals surface area contributed by atoms with Crippen LogP contribution in [0.2, 0.25) is 0 Å². The quantitative estimate of drug-likeness (QED) is 0.774. The predicted molar refractivity (Wildman–Crippen MR) is 82.5 cm³/mol. The third kappa shape index (κ3) is 4.76. The number of hydrogen-bond donors (Lipinski definition) is 2. The van der Waals surface area contributed by atoms with Gasteiger partial charge in [-0.3, -0.25) is 4.79 Å². The van der Waals surface area contributed by atoms with E-state index in [0.717, 1.165) is 43.7 Å². The molecule has 1 aromatic heterocycles. The number of nitrogens with one attached hydrogen (secondary N) is 1. The van der Waals surface area contributed by atoms with E-state index < -0.39 is 0 Å². The van der Waals surface area contributed by atoms with Crippen molar-refractivity contribution in [1.29, 1.82) is 0 Å². The normalized spacial score (nSPS) is 19.6. The van der Waals surface area contributed by atoms with Crippen LogP contribution in [0.3, 0.4) is 0 Å². The van der Waals surface area contributed by atoms with Crippen molar-refractivity contribution in [2.45, 2.75) is 45.1 Å². The average molecular weight is 312 g/mol. The van der Waals surface area contributed by atoms with Crippen molar-refractivity contribution in [1.82, 2.24) is 10.3 Å². The Balaban J connectivity index is 1.84. The lowest BCUT2D eigenvalue weighted by atomic mass is 10.0. The fourth-order valence-corrected chi connectivity index (χ4v) is 3.46. The highest BCUT2D eigenvalue weighted by atomic mass is 32.1. The number of carbonyl (C=O) groups is 1. The topological polar surface area (TPSA) is 71.5 Å². The molecule has 1 amide bonds. The van der Waals surface area contributed by atoms with E-state index in [1.165, 1.54) is 11.3 Å². The van der Waals surface area contributed by atoms with Gasteiger partial charge in [0.1, 0.15) is 16.8 Å². The number of nitrogens with zero attached hydrogens (tertiary/aromatic N) is 1. The third-order valence-electron chi connectivity index (χ3n) is 3.75. The van der Waals surface area contributed by atoms with Crippen LogP contribution in [0.15, 0.2) is 5.38 Å². The zero-order valence-electron chi connectivity index (χ0n) is 12.5. The summed E-state index contributed by atoms with van der Waals surface area (Å²) in [4.78, 5) is 16.5. The summed E-state index contributed by atoms with van der Waals surface area (Å²) in [6.45, 7) is 3.66. The van der Waals surface area contributed by atoms with Crippen LogP contribution in [-0.2, 0) is 4.74 Å². The minimum absolute atomic E-state index is 0.0683. The van der Waals surface area contributed by atoms with Gasteiger partial charge in [-0.05, 0) is 31.6 Å². The van der Waals surface area contributed by atoms with Gasteiger partial charge in [0.25, 0.3) is 5.91 Å². The van der Waals surface area contributed by atoms with Gasteiger partial charge in [0.2, 0.25) is 0 Å². The highest BCUT2D eigenvalue weighted by molar-refractivity contribution is 7.09. The van der Waals surface area contributed by atoms with Crippen molar-refractivity contribution < 1.29 is 14.6 Å². The highest BCUT2D eigenvalue weighted by Gasteiger charge is 2.22. The molecular formula is C15H24N2O3S. The fraction of sp³-hybridized carbons (Fsp3) is 0.733. The number of aromatic nitrogens is 1. The summed E-state index contributed by atoms with van der Waals surface area (Å²) < 4.78 is 5.58. The highest BCUT2D eigenvalue weighted by Crippen LogP contribution is 2.30. The standard InChI is InChI=1S/C15H24N2O3S/c1-2-4-11(6-7-18)9-16-14(19)12-10-21-15(17-12)13-5-3-8-20-13/h10-11,13,18H,2-9H2,1H3,(H,16,19). The Morgan fingerprint density at radius 3 is 3.14 bits per heavy atom. The van der Waals surface area contributed by atoms with Crippen LogP contribution in [-0.4, -0.2) is 35.8 Å². The molecule has 2 rings (SSSR count). The number of thiazole rings is 1. The van der Waals surface area contributed by atoms with Gasteiger partial charge >= 0.3 is 0 Å². The molecule has 2 heterocycles. The lowest BCUT2D eigenvalue weighted by molar-refractivity contribution is 0.0935. The average Bonchev–Trinajstić information content (AvgIpc) is 3.15. The van der Waals surface area contributed by atoms with Crippen molar-refractivity contribution in [3.63, 3.8) is 0 Å². The summed E-state index contributed by atoms with van der Waals surface area (Å²) in [5.74, 6) is 0.203. The Morgan fingerprint density at radius 1 is 1.62 bits per heavy atom. The van der Waals surface area contributed by atoms with Crippen LogP contribution in [0, 0.1) is 5.92 Å². The molecule has 2 unspecified atom stereocenters. The molecule has 0 bridgehead atoms. The van der Waals surface area contributed by atoms with Crippen molar-refractivity contribution in [3.8, 4) is 0 Å². The monoisotopic (exact) mass is 312 g/mol. The second kappa shape index (κ2) is 8.46. The largest absolute Gasteiger partial charge is 0.396 e. The summed E-state index contributed by atoms with van der Waals surface area (Å²) in [6.07, 6.45) is 4.92. The summed E-state index contributed by atoms with van der Waals surface area (Å²) in [7, 11) is 0. The molecule has 0 radical (unpaired) electrons. The van der Waals surface area contributed by atoms with E-state index in [4.69, 9.17) is 9.84 Å². The van der Waals surface area contributed by atoms with Gasteiger partial charge < -0.3 is 15.2 Å². The predicted octanol–water partition coefficient (Wildman–Crippen LogP) is 2.52. The summed E-state index contributed by atoms with van der Waals surface area (Å²) in [5, 5.41) is 14.7. The Kier molecular flexibility index (Phi) is 6.60. The first-order chi connectivity index (χ1) is 10.2. The number of aliphatic hydroxyl groups excluding tert-OH is 1. The van der Waals surface area contributed by atoms with Gasteiger partial charge in [0.05, 0.1) is 0 Å². The lowest BCUT2D eigenvalue weighted by Crippen LogP contribution is -2.30. The summed E-state index contributed by atoms with van der Waals surface area (Å²) >= 11 is 1.49. The Labute approximate surface area is 129 Å². The van der Waals surface area contributed by atoms with Crippen LogP contribution in [0.4, 0.5) is 0 Å². The molecule has 1 aliphatic heterocycles. The maximum atomic E-state index is 12.1. The number of hydrogen-bond acceptors (Lipinski definition) is 5. The molecule has 1 aromatic rings. The number of ether oxygens (including phenoxy) is 1. The first-order valence-electron chi connectivity index (χ1n) is 7.70. The zero-order valence-corrected chi connectivity index (χ0v) is 13.3. The van der Waals surface area contributed by atoms with Crippen LogP contribution >= 0.6 is 11.3 Å². The molecule has 118 valence electrons.